The number of hydrogen-bond donors (Lipinski definition) is 2. The van der Waals surface area contributed by atoms with Crippen molar-refractivity contribution in [2.75, 3.05) is 26.0 Å². The summed E-state index contributed by atoms with van der Waals surface area (Å²) in [6.07, 6.45) is -6.30. The van der Waals surface area contributed by atoms with Crippen LogP contribution in [0.1, 0.15) is 52.1 Å². The highest BCUT2D eigenvalue weighted by Gasteiger charge is 2.52. The smallest absolute Gasteiger partial charge is 0.480 e. The fourth-order valence-electron chi connectivity index (χ4n) is 5.04. The second kappa shape index (κ2) is 16.6. The van der Waals surface area contributed by atoms with Crippen LogP contribution < -0.4 is 10.1 Å². The Kier molecular flexibility index (Phi) is 12.5. The Hall–Kier alpha value is -5.89. The number of benzene rings is 4. The van der Waals surface area contributed by atoms with E-state index in [1.807, 2.05) is 0 Å². The number of nitrogens with zero attached hydrogens (tertiary/aromatic N) is 1. The van der Waals surface area contributed by atoms with Gasteiger partial charge in [0.15, 0.2) is 5.75 Å². The van der Waals surface area contributed by atoms with Crippen molar-refractivity contribution in [2.24, 2.45) is 0 Å². The lowest BCUT2D eigenvalue weighted by Crippen LogP contribution is -2.50. The predicted molar refractivity (Wildman–Crippen MR) is 188 cm³/mol. The van der Waals surface area contributed by atoms with Crippen molar-refractivity contribution in [3.05, 3.63) is 118 Å². The number of ether oxygens (including phenoxy) is 3. The number of alkyl halides is 3. The van der Waals surface area contributed by atoms with E-state index in [1.54, 1.807) is 38.1 Å². The topological polar surface area (TPSA) is 149 Å². The minimum Gasteiger partial charge on any atom is -0.480 e. The largest absolute Gasteiger partial charge is 0.513 e. The van der Waals surface area contributed by atoms with Crippen molar-refractivity contribution in [1.29, 1.82) is 0 Å². The molecular weight excluding hydrogens is 721 g/mol. The Labute approximate surface area is 307 Å². The van der Waals surface area contributed by atoms with Gasteiger partial charge in [-0.25, -0.2) is 4.79 Å². The molecule has 0 bridgehead atoms. The molecular formula is C38H34ClF3N2O9. The number of carboxylic acids is 1. The van der Waals surface area contributed by atoms with Crippen molar-refractivity contribution in [3.8, 4) is 16.9 Å². The van der Waals surface area contributed by atoms with Crippen LogP contribution in [-0.2, 0) is 30.7 Å². The monoisotopic (exact) mass is 754 g/mol. The van der Waals surface area contributed by atoms with Gasteiger partial charge in [0.25, 0.3) is 11.8 Å². The minimum absolute atomic E-state index is 0.0227. The molecule has 0 heterocycles. The number of carbonyl (C=O) groups is 5. The number of amides is 2. The van der Waals surface area contributed by atoms with Gasteiger partial charge in [-0.3, -0.25) is 19.2 Å². The van der Waals surface area contributed by atoms with Crippen LogP contribution >= 0.6 is 11.6 Å². The number of halogens is 4. The minimum atomic E-state index is -4.55. The summed E-state index contributed by atoms with van der Waals surface area (Å²) >= 11 is 6.57. The van der Waals surface area contributed by atoms with Crippen LogP contribution in [0, 0.1) is 0 Å². The summed E-state index contributed by atoms with van der Waals surface area (Å²) in [5.74, 6) is -4.70. The molecule has 15 heteroatoms. The second-order valence-corrected chi connectivity index (χ2v) is 12.3. The van der Waals surface area contributed by atoms with Gasteiger partial charge in [-0.05, 0) is 60.4 Å². The number of aliphatic carboxylic acids is 1. The molecule has 0 aliphatic carbocycles. The van der Waals surface area contributed by atoms with Gasteiger partial charge >= 0.3 is 24.3 Å². The maximum Gasteiger partial charge on any atom is 0.513 e. The predicted octanol–water partition coefficient (Wildman–Crippen LogP) is 7.86. The Bertz CT molecular complexity index is 2000. The lowest BCUT2D eigenvalue weighted by Gasteiger charge is -2.28. The molecule has 4 aromatic carbocycles. The third kappa shape index (κ3) is 8.95. The van der Waals surface area contributed by atoms with Gasteiger partial charge in [0.05, 0.1) is 27.9 Å². The molecule has 0 saturated carbocycles. The van der Waals surface area contributed by atoms with E-state index >= 15 is 0 Å². The van der Waals surface area contributed by atoms with E-state index in [2.05, 4.69) is 5.32 Å². The summed E-state index contributed by atoms with van der Waals surface area (Å²) in [4.78, 5) is 67.0. The first kappa shape index (κ1) is 39.9. The zero-order valence-electron chi connectivity index (χ0n) is 28.8. The number of carboxylic acid groups (broad SMARTS) is 1. The molecule has 11 nitrogen and oxygen atoms in total. The van der Waals surface area contributed by atoms with Gasteiger partial charge in [-0.1, -0.05) is 79.2 Å². The van der Waals surface area contributed by atoms with E-state index in [1.165, 1.54) is 62.6 Å². The fourth-order valence-corrected chi connectivity index (χ4v) is 5.33. The molecule has 4 aromatic rings. The summed E-state index contributed by atoms with van der Waals surface area (Å²) in [5, 5.41) is 12.4. The van der Waals surface area contributed by atoms with Gasteiger partial charge in [0.1, 0.15) is 6.61 Å². The fraction of sp³-hybridized carbons (Fsp3) is 0.237. The highest BCUT2D eigenvalue weighted by molar-refractivity contribution is 6.36. The van der Waals surface area contributed by atoms with E-state index in [0.717, 1.165) is 23.1 Å². The number of nitrogens with one attached hydrogen (secondary N) is 1. The first-order chi connectivity index (χ1) is 25.0. The average Bonchev–Trinajstić information content (AvgIpc) is 3.12. The third-order valence-corrected chi connectivity index (χ3v) is 8.51. The van der Waals surface area contributed by atoms with Crippen molar-refractivity contribution in [1.82, 2.24) is 4.90 Å². The first-order valence-corrected chi connectivity index (χ1v) is 16.4. The van der Waals surface area contributed by atoms with Crippen molar-refractivity contribution < 1.29 is 56.5 Å². The lowest BCUT2D eigenvalue weighted by atomic mass is 9.81. The molecule has 2 atom stereocenters. The van der Waals surface area contributed by atoms with E-state index < -0.39 is 70.5 Å². The van der Waals surface area contributed by atoms with Crippen LogP contribution in [0.3, 0.4) is 0 Å². The number of hydrogen-bond acceptors (Lipinski definition) is 8. The molecule has 2 N–H and O–H groups in total. The summed E-state index contributed by atoms with van der Waals surface area (Å²) in [6.45, 7) is 2.27. The third-order valence-electron chi connectivity index (χ3n) is 8.13. The Balaban J connectivity index is 1.63. The van der Waals surface area contributed by atoms with Crippen LogP contribution in [0.2, 0.25) is 5.02 Å². The second-order valence-electron chi connectivity index (χ2n) is 11.9. The molecule has 0 fully saturated rings. The van der Waals surface area contributed by atoms with Gasteiger partial charge in [-0.15, -0.1) is 0 Å². The summed E-state index contributed by atoms with van der Waals surface area (Å²) in [5.41, 5.74) is -3.09. The van der Waals surface area contributed by atoms with Gasteiger partial charge in [0, 0.05) is 19.7 Å². The summed E-state index contributed by atoms with van der Waals surface area (Å²) in [7, 11) is 2.80. The maximum atomic E-state index is 13.6. The molecule has 0 aliphatic rings. The van der Waals surface area contributed by atoms with Gasteiger partial charge in [0.2, 0.25) is 5.41 Å². The molecule has 2 amide bonds. The Morgan fingerprint density at radius 3 is 2.08 bits per heavy atom. The summed E-state index contributed by atoms with van der Waals surface area (Å²) in [6, 6.07) is 20.1. The van der Waals surface area contributed by atoms with E-state index in [4.69, 9.17) is 25.8 Å². The average molecular weight is 755 g/mol. The number of rotatable bonds is 12. The Morgan fingerprint density at radius 1 is 0.868 bits per heavy atom. The number of anilines is 1. The molecule has 4 rings (SSSR count). The molecule has 2 unspecified atom stereocenters. The lowest BCUT2D eigenvalue weighted by molar-refractivity contribution is -0.167. The first-order valence-electron chi connectivity index (χ1n) is 16.0. The van der Waals surface area contributed by atoms with Crippen LogP contribution in [0.15, 0.2) is 91.0 Å². The highest BCUT2D eigenvalue weighted by Crippen LogP contribution is 2.37. The zero-order chi connectivity index (χ0) is 39.1. The maximum absolute atomic E-state index is 13.6. The molecule has 0 radical (unpaired) electrons. The van der Waals surface area contributed by atoms with Crippen LogP contribution in [0.4, 0.5) is 23.7 Å². The van der Waals surface area contributed by atoms with Crippen molar-refractivity contribution in [2.45, 2.75) is 38.0 Å². The van der Waals surface area contributed by atoms with Crippen LogP contribution in [0.5, 0.6) is 5.75 Å². The summed E-state index contributed by atoms with van der Waals surface area (Å²) < 4.78 is 55.2. The Morgan fingerprint density at radius 2 is 1.49 bits per heavy atom. The molecule has 0 aliphatic heterocycles. The van der Waals surface area contributed by atoms with Gasteiger partial charge < -0.3 is 29.5 Å². The molecule has 0 saturated heterocycles. The van der Waals surface area contributed by atoms with Crippen LogP contribution in [0.25, 0.3) is 11.1 Å². The number of carbonyl (C=O) groups excluding carboxylic acids is 4. The molecule has 278 valence electrons. The van der Waals surface area contributed by atoms with E-state index in [0.29, 0.717) is 17.5 Å². The molecule has 0 aromatic heterocycles. The van der Waals surface area contributed by atoms with Crippen LogP contribution in [-0.4, -0.2) is 66.7 Å². The quantitative estimate of drug-likeness (QED) is 0.0838. The van der Waals surface area contributed by atoms with Crippen molar-refractivity contribution in [3.63, 3.8) is 0 Å². The van der Waals surface area contributed by atoms with Gasteiger partial charge in [-0.2, -0.15) is 13.2 Å². The zero-order valence-corrected chi connectivity index (χ0v) is 29.6. The normalized spacial score (nSPS) is 12.8. The highest BCUT2D eigenvalue weighted by atomic mass is 35.5. The molecule has 53 heavy (non-hydrogen) atoms. The number of esters is 1. The van der Waals surface area contributed by atoms with E-state index in [-0.39, 0.29) is 22.4 Å². The molecule has 0 spiro atoms. The van der Waals surface area contributed by atoms with E-state index in [9.17, 15) is 42.3 Å². The SMILES string of the molecule is CCC(C)OC(=O)C(COC(=O)Oc1ccc(NC(=O)c2ccccc2-c2ccc(C(F)(F)F)cc2)c(C(=O)N(C)C)c1Cl)(C(=O)O)c1ccccc1. The van der Waals surface area contributed by atoms with Crippen molar-refractivity contribution >= 4 is 47.2 Å². The standard InChI is InChI=1S/C38H34ClF3N2O9/c1-5-22(2)52-35(49)37(34(47)48,24-11-7-6-8-12-24)21-51-36(50)53-29-20-19-28(30(31(29)39)33(46)44(3)4)43-32(45)27-14-10-9-13-26(27)23-15-17-25(18-16-23)38(40,41)42/h6-20,22H,5,21H2,1-4H3,(H,43,45)(H,47,48).